The predicted octanol–water partition coefficient (Wildman–Crippen LogP) is 0.0815. The zero-order valence-corrected chi connectivity index (χ0v) is 19.1. The van der Waals surface area contributed by atoms with E-state index in [0.717, 1.165) is 16.4 Å². The molecule has 2 amide bonds. The number of β-lactam (4-membered cyclic amide) rings is 1. The van der Waals surface area contributed by atoms with E-state index in [9.17, 15) is 32.7 Å². The van der Waals surface area contributed by atoms with E-state index in [4.69, 9.17) is 27.2 Å². The summed E-state index contributed by atoms with van der Waals surface area (Å²) in [5.41, 5.74) is 5.59. The van der Waals surface area contributed by atoms with Gasteiger partial charge in [-0.2, -0.15) is 22.5 Å². The van der Waals surface area contributed by atoms with Gasteiger partial charge in [-0.1, -0.05) is 5.16 Å². The SMILES string of the molecule is CON=C(C(=O)NC1C(=O)N2C(C(=O)O)=C(CCl)CS[C@H]12)c1nsc(N)n1.O=C(O)C(F)(F)F. The lowest BCUT2D eigenvalue weighted by Crippen LogP contribution is -2.71. The van der Waals surface area contributed by atoms with E-state index in [0.29, 0.717) is 11.3 Å². The number of nitrogen functional groups attached to an aromatic ring is 1. The quantitative estimate of drug-likeness (QED) is 0.163. The van der Waals surface area contributed by atoms with E-state index < -0.39 is 41.3 Å². The normalized spacial score (nSPS) is 20.0. The first-order chi connectivity index (χ1) is 15.8. The van der Waals surface area contributed by atoms with Crippen molar-refractivity contribution in [3.05, 3.63) is 17.1 Å². The van der Waals surface area contributed by atoms with Crippen LogP contribution in [0.4, 0.5) is 18.3 Å². The molecular formula is C15H14ClF3N6O7S2. The largest absolute Gasteiger partial charge is 0.490 e. The van der Waals surface area contributed by atoms with Crippen LogP contribution in [-0.4, -0.2) is 90.3 Å². The molecule has 2 aliphatic rings. The first kappa shape index (κ1) is 27.1. The summed E-state index contributed by atoms with van der Waals surface area (Å²) >= 11 is 7.96. The second-order valence-electron chi connectivity index (χ2n) is 6.13. The first-order valence-corrected chi connectivity index (χ1v) is 11.0. The molecule has 13 nitrogen and oxygen atoms in total. The number of oxime groups is 1. The third-order valence-corrected chi connectivity index (χ3v) is 6.20. The van der Waals surface area contributed by atoms with Crippen LogP contribution in [0.5, 0.6) is 0 Å². The maximum Gasteiger partial charge on any atom is 0.490 e. The molecule has 3 heterocycles. The molecule has 186 valence electrons. The lowest BCUT2D eigenvalue weighted by atomic mass is 10.0. The number of carbonyl (C=O) groups excluding carboxylic acids is 2. The minimum Gasteiger partial charge on any atom is -0.477 e. The fourth-order valence-corrected chi connectivity index (χ4v) is 4.72. The number of fused-ring (bicyclic) bond motifs is 1. The summed E-state index contributed by atoms with van der Waals surface area (Å²) in [4.78, 5) is 55.0. The average Bonchev–Trinajstić information content (AvgIpc) is 3.19. The Morgan fingerprint density at radius 2 is 2.00 bits per heavy atom. The second kappa shape index (κ2) is 10.9. The first-order valence-electron chi connectivity index (χ1n) is 8.61. The van der Waals surface area contributed by atoms with Gasteiger partial charge in [-0.3, -0.25) is 14.5 Å². The molecule has 1 fully saturated rings. The van der Waals surface area contributed by atoms with Crippen molar-refractivity contribution >= 4 is 69.5 Å². The minimum atomic E-state index is -5.08. The van der Waals surface area contributed by atoms with Crippen LogP contribution in [0.25, 0.3) is 0 Å². The van der Waals surface area contributed by atoms with Crippen LogP contribution in [0, 0.1) is 0 Å². The highest BCUT2D eigenvalue weighted by molar-refractivity contribution is 8.00. The Bertz CT molecular complexity index is 1060. The highest BCUT2D eigenvalue weighted by Gasteiger charge is 2.54. The zero-order valence-electron chi connectivity index (χ0n) is 16.7. The molecule has 0 aliphatic carbocycles. The molecule has 0 aromatic carbocycles. The third kappa shape index (κ3) is 5.86. The fourth-order valence-electron chi connectivity index (χ4n) is 2.60. The number of nitrogens with zero attached hydrogens (tertiary/aromatic N) is 4. The maximum absolute atomic E-state index is 12.5. The number of nitrogens with one attached hydrogen (secondary N) is 1. The zero-order chi connectivity index (χ0) is 25.8. The van der Waals surface area contributed by atoms with Crippen LogP contribution >= 0.6 is 34.9 Å². The number of alkyl halides is 4. The fraction of sp³-hybridized carbons (Fsp3) is 0.400. The van der Waals surface area contributed by atoms with Crippen LogP contribution in [0.15, 0.2) is 16.4 Å². The number of aromatic nitrogens is 2. The Kier molecular flexibility index (Phi) is 8.67. The van der Waals surface area contributed by atoms with Gasteiger partial charge in [0.25, 0.3) is 11.8 Å². The average molecular weight is 547 g/mol. The highest BCUT2D eigenvalue weighted by atomic mass is 35.5. The van der Waals surface area contributed by atoms with Gasteiger partial charge in [0.15, 0.2) is 5.13 Å². The summed E-state index contributed by atoms with van der Waals surface area (Å²) in [5, 5.41) is 22.2. The van der Waals surface area contributed by atoms with Crippen LogP contribution in [0.3, 0.4) is 0 Å². The summed E-state index contributed by atoms with van der Waals surface area (Å²) in [6.45, 7) is 0. The summed E-state index contributed by atoms with van der Waals surface area (Å²) in [7, 11) is 1.24. The van der Waals surface area contributed by atoms with Gasteiger partial charge in [0.2, 0.25) is 11.5 Å². The molecule has 1 aromatic rings. The molecule has 0 saturated carbocycles. The van der Waals surface area contributed by atoms with Gasteiger partial charge in [0.05, 0.1) is 0 Å². The van der Waals surface area contributed by atoms with E-state index in [1.165, 1.54) is 18.9 Å². The number of anilines is 1. The number of nitrogens with two attached hydrogens (primary N) is 1. The van der Waals surface area contributed by atoms with Gasteiger partial charge in [-0.25, -0.2) is 9.59 Å². The van der Waals surface area contributed by atoms with Crippen LogP contribution in [-0.2, 0) is 24.0 Å². The summed E-state index contributed by atoms with van der Waals surface area (Å²) < 4.78 is 35.6. The molecule has 1 saturated heterocycles. The van der Waals surface area contributed by atoms with Crippen molar-refractivity contribution in [2.45, 2.75) is 17.6 Å². The topological polar surface area (TPSA) is 197 Å². The van der Waals surface area contributed by atoms with Gasteiger partial charge in [0, 0.05) is 23.2 Å². The van der Waals surface area contributed by atoms with Crippen molar-refractivity contribution < 1.29 is 47.4 Å². The lowest BCUT2D eigenvalue weighted by molar-refractivity contribution is -0.192. The Morgan fingerprint density at radius 3 is 2.44 bits per heavy atom. The Hall–Kier alpha value is -3.12. The van der Waals surface area contributed by atoms with Crippen LogP contribution < -0.4 is 11.1 Å². The third-order valence-electron chi connectivity index (χ3n) is 3.99. The van der Waals surface area contributed by atoms with E-state index in [1.807, 2.05) is 0 Å². The molecule has 3 rings (SSSR count). The number of hydrogen-bond acceptors (Lipinski definition) is 11. The van der Waals surface area contributed by atoms with Crippen molar-refractivity contribution in [3.8, 4) is 0 Å². The number of carboxylic acids is 2. The van der Waals surface area contributed by atoms with Crippen molar-refractivity contribution in [1.82, 2.24) is 19.6 Å². The number of thioether (sulfide) groups is 1. The Morgan fingerprint density at radius 1 is 1.38 bits per heavy atom. The van der Waals surface area contributed by atoms with Gasteiger partial charge >= 0.3 is 18.1 Å². The smallest absolute Gasteiger partial charge is 0.477 e. The number of carboxylic acid groups (broad SMARTS) is 2. The van der Waals surface area contributed by atoms with Crippen molar-refractivity contribution in [1.29, 1.82) is 0 Å². The molecule has 34 heavy (non-hydrogen) atoms. The second-order valence-corrected chi connectivity index (χ2v) is 8.29. The monoisotopic (exact) mass is 546 g/mol. The Balaban J connectivity index is 0.000000509. The summed E-state index contributed by atoms with van der Waals surface area (Å²) in [5.74, 6) is -4.98. The molecule has 19 heteroatoms. The molecule has 0 bridgehead atoms. The van der Waals surface area contributed by atoms with Gasteiger partial charge in [-0.15, -0.1) is 23.4 Å². The highest BCUT2D eigenvalue weighted by Crippen LogP contribution is 2.40. The van der Waals surface area contributed by atoms with Crippen molar-refractivity contribution in [2.75, 3.05) is 24.5 Å². The lowest BCUT2D eigenvalue weighted by Gasteiger charge is -2.49. The number of aliphatic carboxylic acids is 2. The van der Waals surface area contributed by atoms with Crippen LogP contribution in [0.1, 0.15) is 5.82 Å². The predicted molar refractivity (Wildman–Crippen MR) is 112 cm³/mol. The summed E-state index contributed by atoms with van der Waals surface area (Å²) in [6, 6.07) is -0.924. The number of rotatable bonds is 6. The summed E-state index contributed by atoms with van der Waals surface area (Å²) in [6.07, 6.45) is -5.08. The molecule has 1 unspecified atom stereocenters. The standard InChI is InChI=1S/C13H13ClN6O5S2.C2HF3O2/c1-25-18-5(8-17-13(15)27-19-8)9(21)16-6-10(22)20-7(12(23)24)4(2-14)3-26-11(6)20;3-2(4,5)1(6)7/h6,11H,2-3H2,1H3,(H,16,21)(H,23,24)(H2,15,17,19);(H,6,7)/t6?,11-;/m1./s1. The molecular weight excluding hydrogens is 533 g/mol. The van der Waals surface area contributed by atoms with E-state index in [2.05, 4.69) is 24.7 Å². The molecule has 2 atom stereocenters. The number of halogens is 4. The van der Waals surface area contributed by atoms with Crippen molar-refractivity contribution in [3.63, 3.8) is 0 Å². The molecule has 0 radical (unpaired) electrons. The van der Waals surface area contributed by atoms with E-state index in [-0.39, 0.29) is 28.2 Å². The molecule has 1 aromatic heterocycles. The number of amides is 2. The maximum atomic E-state index is 12.5. The minimum absolute atomic E-state index is 0.00369. The van der Waals surface area contributed by atoms with Crippen molar-refractivity contribution in [2.24, 2.45) is 5.16 Å². The van der Waals surface area contributed by atoms with Crippen LogP contribution in [0.2, 0.25) is 0 Å². The molecule has 0 spiro atoms. The van der Waals surface area contributed by atoms with Gasteiger partial charge in [-0.05, 0) is 5.57 Å². The van der Waals surface area contributed by atoms with E-state index in [1.54, 1.807) is 0 Å². The molecule has 2 aliphatic heterocycles. The number of hydrogen-bond donors (Lipinski definition) is 4. The number of carbonyl (C=O) groups is 4. The van der Waals surface area contributed by atoms with Gasteiger partial charge in [0.1, 0.15) is 24.2 Å². The van der Waals surface area contributed by atoms with Gasteiger partial charge < -0.3 is 26.1 Å². The molecule has 5 N–H and O–H groups in total. The Labute approximate surface area is 200 Å². The van der Waals surface area contributed by atoms with E-state index >= 15 is 0 Å².